The first-order valence-corrected chi connectivity index (χ1v) is 13.2. The Morgan fingerprint density at radius 3 is 2.85 bits per heavy atom. The molecule has 1 aliphatic heterocycles. The molecule has 3 aromatic rings. The molecule has 10 heteroatoms. The molecule has 0 saturated carbocycles. The van der Waals surface area contributed by atoms with E-state index in [4.69, 9.17) is 4.98 Å². The van der Waals surface area contributed by atoms with E-state index in [1.807, 2.05) is 24.4 Å². The Labute approximate surface area is 204 Å². The van der Waals surface area contributed by atoms with Crippen LogP contribution in [-0.2, 0) is 18.7 Å². The van der Waals surface area contributed by atoms with Crippen molar-refractivity contribution in [2.75, 3.05) is 18.5 Å². The minimum absolute atomic E-state index is 0.0443. The number of nitrogens with zero attached hydrogens (tertiary/aromatic N) is 2. The number of anilines is 1. The quantitative estimate of drug-likeness (QED) is 0.316. The van der Waals surface area contributed by atoms with Gasteiger partial charge in [0.2, 0.25) is 0 Å². The van der Waals surface area contributed by atoms with E-state index < -0.39 is 17.2 Å². The minimum atomic E-state index is -0.836. The van der Waals surface area contributed by atoms with E-state index in [9.17, 15) is 13.9 Å². The van der Waals surface area contributed by atoms with E-state index in [2.05, 4.69) is 28.1 Å². The summed E-state index contributed by atoms with van der Waals surface area (Å²) in [6, 6.07) is 8.42. The van der Waals surface area contributed by atoms with Gasteiger partial charge in [-0.15, -0.1) is 11.3 Å². The van der Waals surface area contributed by atoms with Crippen molar-refractivity contribution < 1.29 is 13.9 Å². The second-order valence-electron chi connectivity index (χ2n) is 8.32. The lowest BCUT2D eigenvalue weighted by Gasteiger charge is -2.31. The number of fused-ring (bicyclic) bond motifs is 1. The van der Waals surface area contributed by atoms with Crippen LogP contribution in [0.3, 0.4) is 0 Å². The summed E-state index contributed by atoms with van der Waals surface area (Å²) in [5.74, 6) is -1.34. The third-order valence-corrected chi connectivity index (χ3v) is 7.98. The Kier molecular flexibility index (Phi) is 7.58. The number of hydrogen-bond acceptors (Lipinski definition) is 8. The fourth-order valence-electron chi connectivity index (χ4n) is 3.28. The molecule has 0 spiro atoms. The lowest BCUT2D eigenvalue weighted by atomic mass is 10.1. The van der Waals surface area contributed by atoms with Crippen LogP contribution < -0.4 is 10.6 Å². The van der Waals surface area contributed by atoms with E-state index >= 15 is 0 Å². The van der Waals surface area contributed by atoms with Gasteiger partial charge in [-0.1, -0.05) is 29.5 Å². The highest BCUT2D eigenvalue weighted by Gasteiger charge is 2.27. The van der Waals surface area contributed by atoms with Crippen molar-refractivity contribution in [1.29, 1.82) is 0 Å². The van der Waals surface area contributed by atoms with Gasteiger partial charge in [0.05, 0.1) is 29.3 Å². The van der Waals surface area contributed by atoms with Gasteiger partial charge in [0.1, 0.15) is 5.69 Å². The molecule has 2 aromatic heterocycles. The third kappa shape index (κ3) is 6.06. The normalized spacial score (nSPS) is 13.6. The van der Waals surface area contributed by atoms with Gasteiger partial charge in [-0.3, -0.25) is 0 Å². The van der Waals surface area contributed by atoms with Crippen molar-refractivity contribution in [1.82, 2.24) is 14.6 Å². The zero-order chi connectivity index (χ0) is 23.4. The maximum absolute atomic E-state index is 14.1. The maximum atomic E-state index is 14.1. The highest BCUT2D eigenvalue weighted by molar-refractivity contribution is 7.96. The SMILES string of the molecule is CC(C)(CO)NC1=CN(SCc2cccc(F)c2F)Cc2sc(NCCc3cccs3)nc21. The first-order valence-electron chi connectivity index (χ1n) is 10.5. The van der Waals surface area contributed by atoms with Crippen LogP contribution in [0.4, 0.5) is 13.9 Å². The topological polar surface area (TPSA) is 60.4 Å². The van der Waals surface area contributed by atoms with E-state index in [1.54, 1.807) is 28.7 Å². The minimum Gasteiger partial charge on any atom is -0.394 e. The van der Waals surface area contributed by atoms with Crippen molar-refractivity contribution in [3.05, 3.63) is 74.6 Å². The second-order valence-corrected chi connectivity index (χ2v) is 11.5. The molecule has 0 saturated heterocycles. The van der Waals surface area contributed by atoms with E-state index in [-0.39, 0.29) is 6.61 Å². The number of rotatable bonds is 10. The van der Waals surface area contributed by atoms with Gasteiger partial charge in [-0.2, -0.15) is 0 Å². The fraction of sp³-hybridized carbons (Fsp3) is 0.348. The predicted molar refractivity (Wildman–Crippen MR) is 134 cm³/mol. The summed E-state index contributed by atoms with van der Waals surface area (Å²) in [4.78, 5) is 7.19. The number of aliphatic hydroxyl groups is 1. The summed E-state index contributed by atoms with van der Waals surface area (Å²) in [6.45, 7) is 5.17. The van der Waals surface area contributed by atoms with Crippen LogP contribution in [0.5, 0.6) is 0 Å². The van der Waals surface area contributed by atoms with Crippen LogP contribution in [-0.4, -0.2) is 33.1 Å². The van der Waals surface area contributed by atoms with Crippen molar-refractivity contribution in [2.24, 2.45) is 0 Å². The molecule has 4 rings (SSSR count). The fourth-order valence-corrected chi connectivity index (χ4v) is 5.99. The largest absolute Gasteiger partial charge is 0.394 e. The molecule has 0 atom stereocenters. The highest BCUT2D eigenvalue weighted by Crippen LogP contribution is 2.36. The van der Waals surface area contributed by atoms with Gasteiger partial charge in [0, 0.05) is 28.9 Å². The first kappa shape index (κ1) is 24.0. The molecule has 176 valence electrons. The molecule has 1 aliphatic rings. The van der Waals surface area contributed by atoms with Gasteiger partial charge in [-0.25, -0.2) is 13.8 Å². The Morgan fingerprint density at radius 2 is 2.09 bits per heavy atom. The third-order valence-electron chi connectivity index (χ3n) is 5.04. The Balaban J connectivity index is 1.49. The molecule has 1 aromatic carbocycles. The summed E-state index contributed by atoms with van der Waals surface area (Å²) in [5.41, 5.74) is 1.44. The van der Waals surface area contributed by atoms with Crippen LogP contribution in [0.2, 0.25) is 0 Å². The number of aromatic nitrogens is 1. The molecule has 33 heavy (non-hydrogen) atoms. The lowest BCUT2D eigenvalue weighted by molar-refractivity contribution is 0.203. The first-order chi connectivity index (χ1) is 15.8. The van der Waals surface area contributed by atoms with Gasteiger partial charge >= 0.3 is 0 Å². The average Bonchev–Trinajstić information content (AvgIpc) is 3.44. The van der Waals surface area contributed by atoms with Crippen LogP contribution in [0.15, 0.2) is 41.9 Å². The molecule has 0 fully saturated rings. The van der Waals surface area contributed by atoms with Gasteiger partial charge in [-0.05, 0) is 49.7 Å². The number of halogens is 2. The van der Waals surface area contributed by atoms with Gasteiger partial charge < -0.3 is 20.0 Å². The molecule has 3 heterocycles. The molecular weight excluding hydrogens is 482 g/mol. The van der Waals surface area contributed by atoms with E-state index in [1.165, 1.54) is 22.9 Å². The van der Waals surface area contributed by atoms with Crippen molar-refractivity contribution >= 4 is 45.5 Å². The second kappa shape index (κ2) is 10.4. The zero-order valence-electron chi connectivity index (χ0n) is 18.4. The number of benzene rings is 1. The number of thiophene rings is 1. The number of nitrogens with one attached hydrogen (secondary N) is 2. The molecule has 0 amide bonds. The summed E-state index contributed by atoms with van der Waals surface area (Å²) in [5, 5.41) is 19.5. The average molecular weight is 509 g/mol. The lowest BCUT2D eigenvalue weighted by Crippen LogP contribution is -2.42. The zero-order valence-corrected chi connectivity index (χ0v) is 20.8. The molecule has 5 nitrogen and oxygen atoms in total. The smallest absolute Gasteiger partial charge is 0.183 e. The maximum Gasteiger partial charge on any atom is 0.183 e. The van der Waals surface area contributed by atoms with Crippen LogP contribution >= 0.6 is 34.6 Å². The van der Waals surface area contributed by atoms with Crippen molar-refractivity contribution in [2.45, 2.75) is 38.1 Å². The Morgan fingerprint density at radius 1 is 1.24 bits per heavy atom. The van der Waals surface area contributed by atoms with Crippen LogP contribution in [0.25, 0.3) is 5.70 Å². The van der Waals surface area contributed by atoms with E-state index in [0.29, 0.717) is 17.9 Å². The number of thiazole rings is 1. The highest BCUT2D eigenvalue weighted by atomic mass is 32.2. The molecule has 3 N–H and O–H groups in total. The summed E-state index contributed by atoms with van der Waals surface area (Å²) in [7, 11) is 0. The molecule has 0 bridgehead atoms. The Hall–Kier alpha value is -2.14. The molecule has 0 aliphatic carbocycles. The van der Waals surface area contributed by atoms with Crippen molar-refractivity contribution in [3.8, 4) is 0 Å². The van der Waals surface area contributed by atoms with Crippen LogP contribution in [0.1, 0.15) is 34.9 Å². The molecular formula is C23H26F2N4OS3. The number of aliphatic hydroxyl groups excluding tert-OH is 1. The van der Waals surface area contributed by atoms with Gasteiger partial charge in [0.15, 0.2) is 16.8 Å². The summed E-state index contributed by atoms with van der Waals surface area (Å²) in [6.07, 6.45) is 2.86. The number of hydrogen-bond donors (Lipinski definition) is 3. The summed E-state index contributed by atoms with van der Waals surface area (Å²) >= 11 is 4.74. The molecule has 0 radical (unpaired) electrons. The van der Waals surface area contributed by atoms with E-state index in [0.717, 1.165) is 40.4 Å². The Bertz CT molecular complexity index is 1120. The standard InChI is InChI=1S/C23H26F2N4OS3/c1-23(2,14-30)28-18-11-29(32-13-15-5-3-7-17(24)20(15)25)12-19-21(18)27-22(33-19)26-9-8-16-6-4-10-31-16/h3-7,10-11,28,30H,8-9,12-14H2,1-2H3,(H,26,27). The van der Waals surface area contributed by atoms with Crippen molar-refractivity contribution in [3.63, 3.8) is 0 Å². The van der Waals surface area contributed by atoms with Gasteiger partial charge in [0.25, 0.3) is 0 Å². The molecule has 0 unspecified atom stereocenters. The van der Waals surface area contributed by atoms with Crippen LogP contribution in [0, 0.1) is 11.6 Å². The monoisotopic (exact) mass is 508 g/mol. The predicted octanol–water partition coefficient (Wildman–Crippen LogP) is 5.46. The summed E-state index contributed by atoms with van der Waals surface area (Å²) < 4.78 is 29.6.